The van der Waals surface area contributed by atoms with Gasteiger partial charge >= 0.3 is 5.97 Å². The van der Waals surface area contributed by atoms with Gasteiger partial charge in [0.05, 0.1) is 0 Å². The second-order valence-corrected chi connectivity index (χ2v) is 5.75. The lowest BCUT2D eigenvalue weighted by Gasteiger charge is -2.21. The van der Waals surface area contributed by atoms with E-state index in [0.29, 0.717) is 23.6 Å². The number of hydrogen-bond donors (Lipinski definition) is 1. The molecule has 2 rings (SSSR count). The Morgan fingerprint density at radius 3 is 2.85 bits per heavy atom. The number of benzene rings is 1. The quantitative estimate of drug-likeness (QED) is 0.848. The first-order valence-electron chi connectivity index (χ1n) is 6.49. The molecule has 108 valence electrons. The molecule has 1 amide bonds. The van der Waals surface area contributed by atoms with E-state index in [1.54, 1.807) is 18.2 Å². The number of amides is 1. The SMILES string of the molecule is O=C(O)C1CCCN1C(=O)CCSc1ccccc1F. The number of rotatable bonds is 5. The Morgan fingerprint density at radius 1 is 1.40 bits per heavy atom. The molecule has 0 aliphatic carbocycles. The van der Waals surface area contributed by atoms with Crippen LogP contribution in [0.15, 0.2) is 29.2 Å². The summed E-state index contributed by atoms with van der Waals surface area (Å²) in [6.45, 7) is 0.500. The van der Waals surface area contributed by atoms with Gasteiger partial charge in [0, 0.05) is 23.6 Å². The highest BCUT2D eigenvalue weighted by Crippen LogP contribution is 2.23. The fraction of sp³-hybridized carbons (Fsp3) is 0.429. The van der Waals surface area contributed by atoms with Gasteiger partial charge in [-0.25, -0.2) is 9.18 Å². The van der Waals surface area contributed by atoms with Crippen LogP contribution in [0, 0.1) is 5.82 Å². The summed E-state index contributed by atoms with van der Waals surface area (Å²) in [7, 11) is 0. The first kappa shape index (κ1) is 14.8. The van der Waals surface area contributed by atoms with E-state index in [2.05, 4.69) is 0 Å². The van der Waals surface area contributed by atoms with Crippen LogP contribution in [0.2, 0.25) is 0 Å². The highest BCUT2D eigenvalue weighted by molar-refractivity contribution is 7.99. The Labute approximate surface area is 121 Å². The molecule has 1 heterocycles. The predicted molar refractivity (Wildman–Crippen MR) is 74.1 cm³/mol. The lowest BCUT2D eigenvalue weighted by molar-refractivity contribution is -0.148. The van der Waals surface area contributed by atoms with Gasteiger partial charge in [0.15, 0.2) is 0 Å². The summed E-state index contributed by atoms with van der Waals surface area (Å²) in [5.74, 6) is -0.964. The molecular weight excluding hydrogens is 281 g/mol. The number of carboxylic acids is 1. The van der Waals surface area contributed by atoms with Gasteiger partial charge in [-0.3, -0.25) is 4.79 Å². The molecule has 0 aromatic heterocycles. The van der Waals surface area contributed by atoms with Gasteiger partial charge < -0.3 is 10.0 Å². The number of thioether (sulfide) groups is 1. The van der Waals surface area contributed by atoms with Crippen molar-refractivity contribution in [2.75, 3.05) is 12.3 Å². The van der Waals surface area contributed by atoms with Crippen LogP contribution in [0.25, 0.3) is 0 Å². The maximum absolute atomic E-state index is 13.4. The summed E-state index contributed by atoms with van der Waals surface area (Å²) in [5, 5.41) is 9.02. The Morgan fingerprint density at radius 2 is 2.15 bits per heavy atom. The van der Waals surface area contributed by atoms with Crippen LogP contribution in [0.4, 0.5) is 4.39 Å². The molecule has 20 heavy (non-hydrogen) atoms. The van der Waals surface area contributed by atoms with E-state index in [0.717, 1.165) is 6.42 Å². The molecule has 1 fully saturated rings. The van der Waals surface area contributed by atoms with Crippen molar-refractivity contribution in [1.29, 1.82) is 0 Å². The monoisotopic (exact) mass is 297 g/mol. The van der Waals surface area contributed by atoms with Crippen LogP contribution < -0.4 is 0 Å². The van der Waals surface area contributed by atoms with E-state index < -0.39 is 12.0 Å². The third kappa shape index (κ3) is 3.50. The van der Waals surface area contributed by atoms with Gasteiger partial charge in [0.25, 0.3) is 0 Å². The van der Waals surface area contributed by atoms with E-state index in [1.165, 1.54) is 22.7 Å². The molecule has 6 heteroatoms. The van der Waals surface area contributed by atoms with Crippen molar-refractivity contribution < 1.29 is 19.1 Å². The van der Waals surface area contributed by atoms with Crippen LogP contribution in [0.3, 0.4) is 0 Å². The Kier molecular flexibility index (Phi) is 5.00. The number of hydrogen-bond acceptors (Lipinski definition) is 3. The number of carbonyl (C=O) groups is 2. The maximum Gasteiger partial charge on any atom is 0.326 e. The Balaban J connectivity index is 1.84. The van der Waals surface area contributed by atoms with Gasteiger partial charge in [-0.05, 0) is 25.0 Å². The fourth-order valence-electron chi connectivity index (χ4n) is 2.28. The number of halogens is 1. The largest absolute Gasteiger partial charge is 0.480 e. The van der Waals surface area contributed by atoms with Gasteiger partial charge in [-0.1, -0.05) is 12.1 Å². The highest BCUT2D eigenvalue weighted by Gasteiger charge is 2.33. The molecule has 1 N–H and O–H groups in total. The molecule has 1 aromatic rings. The van der Waals surface area contributed by atoms with Crippen molar-refractivity contribution in [3.63, 3.8) is 0 Å². The molecule has 1 atom stereocenters. The zero-order valence-electron chi connectivity index (χ0n) is 10.9. The van der Waals surface area contributed by atoms with Gasteiger partial charge in [0.1, 0.15) is 11.9 Å². The second kappa shape index (κ2) is 6.74. The fourth-order valence-corrected chi connectivity index (χ4v) is 3.15. The highest BCUT2D eigenvalue weighted by atomic mass is 32.2. The molecule has 1 aliphatic rings. The predicted octanol–water partition coefficient (Wildman–Crippen LogP) is 2.38. The van der Waals surface area contributed by atoms with Gasteiger partial charge in [-0.2, -0.15) is 0 Å². The van der Waals surface area contributed by atoms with E-state index in [4.69, 9.17) is 5.11 Å². The Hall–Kier alpha value is -1.56. The van der Waals surface area contributed by atoms with Crippen molar-refractivity contribution in [3.8, 4) is 0 Å². The minimum atomic E-state index is -0.947. The summed E-state index contributed by atoms with van der Waals surface area (Å²) in [6.07, 6.45) is 1.47. The average molecular weight is 297 g/mol. The van der Waals surface area contributed by atoms with Crippen LogP contribution in [-0.4, -0.2) is 40.2 Å². The molecule has 1 saturated heterocycles. The standard InChI is InChI=1S/C14H16FNO3S/c15-10-4-1-2-6-12(10)20-9-7-13(17)16-8-3-5-11(16)14(18)19/h1-2,4,6,11H,3,5,7-9H2,(H,18,19). The molecular formula is C14H16FNO3S. The minimum absolute atomic E-state index is 0.168. The molecule has 0 radical (unpaired) electrons. The molecule has 1 unspecified atom stereocenters. The maximum atomic E-state index is 13.4. The van der Waals surface area contributed by atoms with Crippen molar-refractivity contribution in [3.05, 3.63) is 30.1 Å². The topological polar surface area (TPSA) is 57.6 Å². The van der Waals surface area contributed by atoms with Crippen LogP contribution >= 0.6 is 11.8 Å². The lowest BCUT2D eigenvalue weighted by Crippen LogP contribution is -2.40. The zero-order valence-corrected chi connectivity index (χ0v) is 11.7. The number of nitrogens with zero attached hydrogens (tertiary/aromatic N) is 1. The molecule has 0 spiro atoms. The summed E-state index contributed by atoms with van der Waals surface area (Å²) >= 11 is 1.27. The number of likely N-dealkylation sites (tertiary alicyclic amines) is 1. The average Bonchev–Trinajstić information content (AvgIpc) is 2.90. The third-order valence-corrected chi connectivity index (χ3v) is 4.32. The molecule has 0 saturated carbocycles. The summed E-state index contributed by atoms with van der Waals surface area (Å²) in [4.78, 5) is 24.9. The first-order chi connectivity index (χ1) is 9.59. The number of carbonyl (C=O) groups excluding carboxylic acids is 1. The zero-order chi connectivity index (χ0) is 14.5. The van der Waals surface area contributed by atoms with Crippen LogP contribution in [0.5, 0.6) is 0 Å². The lowest BCUT2D eigenvalue weighted by atomic mass is 10.2. The molecule has 0 bridgehead atoms. The second-order valence-electron chi connectivity index (χ2n) is 4.61. The summed E-state index contributed by atoms with van der Waals surface area (Å²) in [5.41, 5.74) is 0. The van der Waals surface area contributed by atoms with Crippen LogP contribution in [-0.2, 0) is 9.59 Å². The van der Waals surface area contributed by atoms with E-state index in [-0.39, 0.29) is 18.1 Å². The Bertz CT molecular complexity index is 509. The number of aliphatic carboxylic acids is 1. The van der Waals surface area contributed by atoms with E-state index in [9.17, 15) is 14.0 Å². The molecule has 1 aromatic carbocycles. The molecule has 4 nitrogen and oxygen atoms in total. The van der Waals surface area contributed by atoms with Crippen LogP contribution in [0.1, 0.15) is 19.3 Å². The van der Waals surface area contributed by atoms with Crippen molar-refractivity contribution in [2.45, 2.75) is 30.2 Å². The summed E-state index contributed by atoms with van der Waals surface area (Å²) < 4.78 is 13.4. The summed E-state index contributed by atoms with van der Waals surface area (Å²) in [6, 6.07) is 5.72. The smallest absolute Gasteiger partial charge is 0.326 e. The third-order valence-electron chi connectivity index (χ3n) is 3.27. The van der Waals surface area contributed by atoms with Gasteiger partial charge in [-0.15, -0.1) is 11.8 Å². The van der Waals surface area contributed by atoms with E-state index in [1.807, 2.05) is 0 Å². The van der Waals surface area contributed by atoms with E-state index >= 15 is 0 Å². The number of carboxylic acid groups (broad SMARTS) is 1. The van der Waals surface area contributed by atoms with Crippen molar-refractivity contribution in [1.82, 2.24) is 4.90 Å². The molecule has 1 aliphatic heterocycles. The normalized spacial score (nSPS) is 18.2. The first-order valence-corrected chi connectivity index (χ1v) is 7.48. The minimum Gasteiger partial charge on any atom is -0.480 e. The van der Waals surface area contributed by atoms with Gasteiger partial charge in [0.2, 0.25) is 5.91 Å². The van der Waals surface area contributed by atoms with Crippen molar-refractivity contribution >= 4 is 23.6 Å². The van der Waals surface area contributed by atoms with Crippen molar-refractivity contribution in [2.24, 2.45) is 0 Å².